The molecule has 0 amide bonds. The molecular formula is C13H14BrClN4. The first-order valence-electron chi connectivity index (χ1n) is 5.83. The fourth-order valence-corrected chi connectivity index (χ4v) is 2.30. The number of halogens is 2. The molecule has 4 nitrogen and oxygen atoms in total. The van der Waals surface area contributed by atoms with Crippen LogP contribution in [0.5, 0.6) is 0 Å². The molecule has 0 radical (unpaired) electrons. The minimum atomic E-state index is 0.0459. The molecule has 0 aliphatic rings. The highest BCUT2D eigenvalue weighted by molar-refractivity contribution is 9.10. The Kier molecular flexibility index (Phi) is 4.61. The summed E-state index contributed by atoms with van der Waals surface area (Å²) in [5, 5.41) is 6.97. The molecule has 0 saturated heterocycles. The van der Waals surface area contributed by atoms with Gasteiger partial charge in [0.1, 0.15) is 5.82 Å². The molecule has 0 spiro atoms. The molecule has 2 rings (SSSR count). The zero-order valence-electron chi connectivity index (χ0n) is 10.6. The molecule has 19 heavy (non-hydrogen) atoms. The van der Waals surface area contributed by atoms with Crippen molar-refractivity contribution in [1.29, 1.82) is 0 Å². The molecule has 1 atom stereocenters. The molecule has 2 aromatic rings. The van der Waals surface area contributed by atoms with Crippen LogP contribution in [-0.2, 0) is 0 Å². The summed E-state index contributed by atoms with van der Waals surface area (Å²) >= 11 is 9.62. The third-order valence-corrected chi connectivity index (χ3v) is 3.62. The van der Waals surface area contributed by atoms with Crippen LogP contribution in [0.15, 0.2) is 34.9 Å². The van der Waals surface area contributed by atoms with E-state index in [1.54, 1.807) is 13.2 Å². The molecule has 6 heteroatoms. The molecular weight excluding hydrogens is 328 g/mol. The monoisotopic (exact) mass is 340 g/mol. The lowest BCUT2D eigenvalue weighted by atomic mass is 10.1. The Morgan fingerprint density at radius 3 is 2.74 bits per heavy atom. The zero-order chi connectivity index (χ0) is 13.8. The van der Waals surface area contributed by atoms with E-state index in [2.05, 4.69) is 36.5 Å². The van der Waals surface area contributed by atoms with Crippen LogP contribution in [0.2, 0.25) is 5.02 Å². The van der Waals surface area contributed by atoms with E-state index in [0.29, 0.717) is 5.95 Å². The summed E-state index contributed by atoms with van der Waals surface area (Å²) in [6, 6.07) is 7.80. The highest BCUT2D eigenvalue weighted by atomic mass is 79.9. The van der Waals surface area contributed by atoms with Crippen molar-refractivity contribution in [3.8, 4) is 0 Å². The van der Waals surface area contributed by atoms with Gasteiger partial charge in [-0.05, 0) is 34.5 Å². The minimum absolute atomic E-state index is 0.0459. The maximum Gasteiger partial charge on any atom is 0.224 e. The Balaban J connectivity index is 2.24. The number of anilines is 2. The quantitative estimate of drug-likeness (QED) is 0.879. The summed E-state index contributed by atoms with van der Waals surface area (Å²) in [4.78, 5) is 8.48. The van der Waals surface area contributed by atoms with Crippen LogP contribution in [0.3, 0.4) is 0 Å². The molecule has 1 aromatic carbocycles. The van der Waals surface area contributed by atoms with E-state index in [1.165, 1.54) is 0 Å². The van der Waals surface area contributed by atoms with E-state index >= 15 is 0 Å². The van der Waals surface area contributed by atoms with Gasteiger partial charge in [0.15, 0.2) is 0 Å². The summed E-state index contributed by atoms with van der Waals surface area (Å²) in [5.74, 6) is 1.30. The Bertz CT molecular complexity index is 576. The average molecular weight is 342 g/mol. The first-order valence-corrected chi connectivity index (χ1v) is 7.00. The lowest BCUT2D eigenvalue weighted by Gasteiger charge is -2.17. The van der Waals surface area contributed by atoms with E-state index in [1.807, 2.05) is 31.2 Å². The van der Waals surface area contributed by atoms with Crippen molar-refractivity contribution in [3.05, 3.63) is 45.5 Å². The van der Waals surface area contributed by atoms with Crippen molar-refractivity contribution in [2.45, 2.75) is 13.0 Å². The van der Waals surface area contributed by atoms with Crippen LogP contribution in [-0.4, -0.2) is 17.0 Å². The predicted octanol–water partition coefficient (Wildman–Crippen LogP) is 4.11. The van der Waals surface area contributed by atoms with Crippen molar-refractivity contribution in [1.82, 2.24) is 9.97 Å². The molecule has 1 unspecified atom stereocenters. The van der Waals surface area contributed by atoms with Crippen molar-refractivity contribution in [2.24, 2.45) is 0 Å². The summed E-state index contributed by atoms with van der Waals surface area (Å²) < 4.78 is 0.811. The summed E-state index contributed by atoms with van der Waals surface area (Å²) in [6.45, 7) is 2.04. The van der Waals surface area contributed by atoms with E-state index < -0.39 is 0 Å². The van der Waals surface area contributed by atoms with E-state index in [4.69, 9.17) is 11.6 Å². The molecule has 0 aliphatic carbocycles. The van der Waals surface area contributed by atoms with Gasteiger partial charge in [-0.3, -0.25) is 0 Å². The number of nitrogens with zero attached hydrogens (tertiary/aromatic N) is 2. The second-order valence-electron chi connectivity index (χ2n) is 4.03. The summed E-state index contributed by atoms with van der Waals surface area (Å²) in [6.07, 6.45) is 1.71. The van der Waals surface area contributed by atoms with Gasteiger partial charge < -0.3 is 10.6 Å². The molecule has 0 bridgehead atoms. The topological polar surface area (TPSA) is 49.8 Å². The van der Waals surface area contributed by atoms with Crippen LogP contribution >= 0.6 is 27.5 Å². The number of hydrogen-bond acceptors (Lipinski definition) is 4. The van der Waals surface area contributed by atoms with Crippen LogP contribution < -0.4 is 10.6 Å². The summed E-state index contributed by atoms with van der Waals surface area (Å²) in [5.41, 5.74) is 1.03. The molecule has 2 N–H and O–H groups in total. The molecule has 0 aliphatic heterocycles. The van der Waals surface area contributed by atoms with Crippen molar-refractivity contribution in [2.75, 3.05) is 17.7 Å². The van der Waals surface area contributed by atoms with Crippen molar-refractivity contribution in [3.63, 3.8) is 0 Å². The molecule has 0 fully saturated rings. The third kappa shape index (κ3) is 3.36. The maximum atomic E-state index is 6.19. The fraction of sp³-hybridized carbons (Fsp3) is 0.231. The fourth-order valence-electron chi connectivity index (χ4n) is 1.70. The van der Waals surface area contributed by atoms with Gasteiger partial charge in [-0.2, -0.15) is 4.98 Å². The van der Waals surface area contributed by atoms with E-state index in [9.17, 15) is 0 Å². The van der Waals surface area contributed by atoms with Crippen LogP contribution in [0.25, 0.3) is 0 Å². The average Bonchev–Trinajstić information content (AvgIpc) is 2.41. The number of rotatable bonds is 4. The van der Waals surface area contributed by atoms with Gasteiger partial charge in [0.25, 0.3) is 0 Å². The number of aromatic nitrogens is 2. The minimum Gasteiger partial charge on any atom is -0.362 e. The molecule has 1 aromatic heterocycles. The van der Waals surface area contributed by atoms with Crippen molar-refractivity contribution >= 4 is 39.3 Å². The largest absolute Gasteiger partial charge is 0.362 e. The number of benzene rings is 1. The first-order chi connectivity index (χ1) is 9.11. The smallest absolute Gasteiger partial charge is 0.224 e. The van der Waals surface area contributed by atoms with Gasteiger partial charge in [-0.1, -0.05) is 29.8 Å². The SMILES string of the molecule is CNc1ncc(Br)c(NC(C)c2ccccc2Cl)n1. The lowest BCUT2D eigenvalue weighted by Crippen LogP contribution is -2.10. The van der Waals surface area contributed by atoms with Crippen molar-refractivity contribution < 1.29 is 0 Å². The van der Waals surface area contributed by atoms with Gasteiger partial charge in [0.2, 0.25) is 5.95 Å². The molecule has 100 valence electrons. The number of nitrogens with one attached hydrogen (secondary N) is 2. The third-order valence-electron chi connectivity index (χ3n) is 2.69. The maximum absolute atomic E-state index is 6.19. The Morgan fingerprint density at radius 2 is 2.05 bits per heavy atom. The Morgan fingerprint density at radius 1 is 1.32 bits per heavy atom. The van der Waals surface area contributed by atoms with Crippen LogP contribution in [0, 0.1) is 0 Å². The normalized spacial score (nSPS) is 12.0. The van der Waals surface area contributed by atoms with Gasteiger partial charge in [-0.15, -0.1) is 0 Å². The Hall–Kier alpha value is -1.33. The predicted molar refractivity (Wildman–Crippen MR) is 82.8 cm³/mol. The molecule has 1 heterocycles. The molecule has 0 saturated carbocycles. The highest BCUT2D eigenvalue weighted by Crippen LogP contribution is 2.28. The Labute approximate surface area is 125 Å². The van der Waals surface area contributed by atoms with Gasteiger partial charge in [0, 0.05) is 18.3 Å². The highest BCUT2D eigenvalue weighted by Gasteiger charge is 2.12. The van der Waals surface area contributed by atoms with E-state index in [0.717, 1.165) is 20.9 Å². The standard InChI is InChI=1S/C13H14BrClN4/c1-8(9-5-3-4-6-11(9)15)18-12-10(14)7-17-13(16-2)19-12/h3-8H,1-2H3,(H2,16,17,18,19). The van der Waals surface area contributed by atoms with Gasteiger partial charge in [0.05, 0.1) is 10.5 Å². The van der Waals surface area contributed by atoms with Gasteiger partial charge in [-0.25, -0.2) is 4.98 Å². The summed E-state index contributed by atoms with van der Waals surface area (Å²) in [7, 11) is 1.78. The number of hydrogen-bond donors (Lipinski definition) is 2. The van der Waals surface area contributed by atoms with Gasteiger partial charge >= 0.3 is 0 Å². The van der Waals surface area contributed by atoms with E-state index in [-0.39, 0.29) is 6.04 Å². The van der Waals surface area contributed by atoms with Crippen LogP contribution in [0.1, 0.15) is 18.5 Å². The second kappa shape index (κ2) is 6.21. The second-order valence-corrected chi connectivity index (χ2v) is 5.29. The zero-order valence-corrected chi connectivity index (χ0v) is 13.0. The lowest BCUT2D eigenvalue weighted by molar-refractivity contribution is 0.870. The van der Waals surface area contributed by atoms with Crippen LogP contribution in [0.4, 0.5) is 11.8 Å². The first kappa shape index (κ1) is 14.1.